The standard InChI is InChI=1S/C16H11F3N2O2S/c17-13-3-1-2-4-14(13)21-15(22)10(8-20)7-11-5-6-12(23-11)9-24-16(18)19/h1-7,16H,9H2,(H,21,22)/b10-7+. The Morgan fingerprint density at radius 3 is 2.75 bits per heavy atom. The highest BCUT2D eigenvalue weighted by molar-refractivity contribution is 7.98. The number of hydrogen-bond donors (Lipinski definition) is 1. The summed E-state index contributed by atoms with van der Waals surface area (Å²) in [5, 5.41) is 11.3. The second kappa shape index (κ2) is 8.26. The molecule has 0 radical (unpaired) electrons. The van der Waals surface area contributed by atoms with Crippen molar-refractivity contribution in [1.82, 2.24) is 0 Å². The molecule has 1 amide bonds. The third-order valence-electron chi connectivity index (χ3n) is 2.81. The van der Waals surface area contributed by atoms with Gasteiger partial charge in [-0.2, -0.15) is 14.0 Å². The maximum absolute atomic E-state index is 13.5. The van der Waals surface area contributed by atoms with E-state index >= 15 is 0 Å². The lowest BCUT2D eigenvalue weighted by Gasteiger charge is -2.04. The van der Waals surface area contributed by atoms with E-state index in [1.54, 1.807) is 6.07 Å². The maximum atomic E-state index is 13.5. The molecule has 4 nitrogen and oxygen atoms in total. The summed E-state index contributed by atoms with van der Waals surface area (Å²) >= 11 is 0.398. The van der Waals surface area contributed by atoms with E-state index in [1.165, 1.54) is 36.4 Å². The van der Waals surface area contributed by atoms with Gasteiger partial charge in [0.15, 0.2) is 0 Å². The van der Waals surface area contributed by atoms with Crippen LogP contribution in [0.5, 0.6) is 0 Å². The molecule has 0 saturated heterocycles. The summed E-state index contributed by atoms with van der Waals surface area (Å²) in [6.45, 7) is 0. The predicted octanol–water partition coefficient (Wildman–Crippen LogP) is 4.42. The van der Waals surface area contributed by atoms with Gasteiger partial charge in [-0.25, -0.2) is 4.39 Å². The molecule has 1 aromatic carbocycles. The Balaban J connectivity index is 2.10. The van der Waals surface area contributed by atoms with Crippen molar-refractivity contribution in [3.8, 4) is 6.07 Å². The predicted molar refractivity (Wildman–Crippen MR) is 84.6 cm³/mol. The first-order valence-corrected chi connectivity index (χ1v) is 7.70. The molecule has 8 heteroatoms. The van der Waals surface area contributed by atoms with Crippen molar-refractivity contribution in [3.05, 3.63) is 59.3 Å². The van der Waals surface area contributed by atoms with Gasteiger partial charge in [0.05, 0.1) is 11.4 Å². The SMILES string of the molecule is N#C/C(=C\c1ccc(CSC(F)F)o1)C(=O)Nc1ccccc1F. The summed E-state index contributed by atoms with van der Waals surface area (Å²) in [6.07, 6.45) is 1.16. The summed E-state index contributed by atoms with van der Waals surface area (Å²) < 4.78 is 43.0. The van der Waals surface area contributed by atoms with Crippen LogP contribution < -0.4 is 5.32 Å². The number of carbonyl (C=O) groups excluding carboxylic acids is 1. The zero-order valence-corrected chi connectivity index (χ0v) is 12.9. The minimum absolute atomic E-state index is 0.0329. The first-order valence-electron chi connectivity index (χ1n) is 6.65. The monoisotopic (exact) mass is 352 g/mol. The average molecular weight is 352 g/mol. The highest BCUT2D eigenvalue weighted by Crippen LogP contribution is 2.22. The van der Waals surface area contributed by atoms with E-state index in [0.29, 0.717) is 17.5 Å². The quantitative estimate of drug-likeness (QED) is 0.617. The van der Waals surface area contributed by atoms with Gasteiger partial charge in [0.1, 0.15) is 29.0 Å². The molecule has 0 aliphatic carbocycles. The number of hydrogen-bond acceptors (Lipinski definition) is 4. The molecule has 24 heavy (non-hydrogen) atoms. The van der Waals surface area contributed by atoms with Crippen molar-refractivity contribution in [1.29, 1.82) is 5.26 Å². The van der Waals surface area contributed by atoms with E-state index in [0.717, 1.165) is 6.08 Å². The molecule has 0 spiro atoms. The number of alkyl halides is 2. The number of benzene rings is 1. The second-order valence-electron chi connectivity index (χ2n) is 4.48. The molecular formula is C16H11F3N2O2S. The van der Waals surface area contributed by atoms with Crippen LogP contribution >= 0.6 is 11.8 Å². The third-order valence-corrected chi connectivity index (χ3v) is 3.51. The molecule has 0 unspecified atom stereocenters. The molecule has 0 atom stereocenters. The Hall–Kier alpha value is -2.66. The first kappa shape index (κ1) is 17.7. The van der Waals surface area contributed by atoms with Crippen molar-refractivity contribution in [3.63, 3.8) is 0 Å². The molecule has 0 fully saturated rings. The number of nitriles is 1. The molecule has 124 valence electrons. The van der Waals surface area contributed by atoms with E-state index in [4.69, 9.17) is 9.68 Å². The fraction of sp³-hybridized carbons (Fsp3) is 0.125. The van der Waals surface area contributed by atoms with Gasteiger partial charge < -0.3 is 9.73 Å². The highest BCUT2D eigenvalue weighted by atomic mass is 32.2. The number of nitrogens with zero attached hydrogens (tertiary/aromatic N) is 1. The Labute approximate surface area is 140 Å². The third kappa shape index (κ3) is 4.93. The summed E-state index contributed by atoms with van der Waals surface area (Å²) in [4.78, 5) is 12.0. The zero-order chi connectivity index (χ0) is 17.5. The van der Waals surface area contributed by atoms with Gasteiger partial charge in [-0.3, -0.25) is 4.79 Å². The first-order chi connectivity index (χ1) is 11.5. The fourth-order valence-electron chi connectivity index (χ4n) is 1.74. The van der Waals surface area contributed by atoms with Crippen LogP contribution in [0.25, 0.3) is 6.08 Å². The Morgan fingerprint density at radius 2 is 2.08 bits per heavy atom. The van der Waals surface area contributed by atoms with Gasteiger partial charge in [-0.1, -0.05) is 23.9 Å². The smallest absolute Gasteiger partial charge is 0.284 e. The maximum Gasteiger partial charge on any atom is 0.284 e. The Morgan fingerprint density at radius 1 is 1.33 bits per heavy atom. The Kier molecular flexibility index (Phi) is 6.09. The molecular weight excluding hydrogens is 341 g/mol. The van der Waals surface area contributed by atoms with Crippen LogP contribution in [0, 0.1) is 17.1 Å². The molecule has 0 aliphatic rings. The molecule has 1 N–H and O–H groups in total. The lowest BCUT2D eigenvalue weighted by Crippen LogP contribution is -2.14. The van der Waals surface area contributed by atoms with Gasteiger partial charge in [0.25, 0.3) is 11.7 Å². The van der Waals surface area contributed by atoms with Gasteiger partial charge in [-0.15, -0.1) is 0 Å². The lowest BCUT2D eigenvalue weighted by molar-refractivity contribution is -0.112. The van der Waals surface area contributed by atoms with E-state index in [9.17, 15) is 18.0 Å². The lowest BCUT2D eigenvalue weighted by atomic mass is 10.2. The number of amides is 1. The number of halogens is 3. The minimum Gasteiger partial charge on any atom is -0.461 e. The number of furan rings is 1. The van der Waals surface area contributed by atoms with Crippen molar-refractivity contribution in [2.24, 2.45) is 0 Å². The largest absolute Gasteiger partial charge is 0.461 e. The van der Waals surface area contributed by atoms with Crippen molar-refractivity contribution in [2.75, 3.05) is 5.32 Å². The van der Waals surface area contributed by atoms with E-state index in [1.807, 2.05) is 0 Å². The number of thioether (sulfide) groups is 1. The number of carbonyl (C=O) groups is 1. The normalized spacial score (nSPS) is 11.4. The van der Waals surface area contributed by atoms with Gasteiger partial charge >= 0.3 is 0 Å². The molecule has 1 aromatic heterocycles. The van der Waals surface area contributed by atoms with Crippen molar-refractivity contribution >= 4 is 29.4 Å². The van der Waals surface area contributed by atoms with Gasteiger partial charge in [-0.05, 0) is 24.3 Å². The van der Waals surface area contributed by atoms with Crippen LogP contribution in [0.4, 0.5) is 18.9 Å². The van der Waals surface area contributed by atoms with Crippen LogP contribution in [0.3, 0.4) is 0 Å². The number of para-hydroxylation sites is 1. The molecule has 0 aliphatic heterocycles. The van der Waals surface area contributed by atoms with E-state index in [-0.39, 0.29) is 22.8 Å². The Bertz CT molecular complexity index is 797. The molecule has 2 aromatic rings. The van der Waals surface area contributed by atoms with E-state index < -0.39 is 17.5 Å². The van der Waals surface area contributed by atoms with Crippen LogP contribution in [0.1, 0.15) is 11.5 Å². The van der Waals surface area contributed by atoms with Crippen LogP contribution in [0.15, 0.2) is 46.4 Å². The minimum atomic E-state index is -2.52. The van der Waals surface area contributed by atoms with Gasteiger partial charge in [0, 0.05) is 6.08 Å². The highest BCUT2D eigenvalue weighted by Gasteiger charge is 2.13. The second-order valence-corrected chi connectivity index (χ2v) is 5.46. The van der Waals surface area contributed by atoms with Crippen molar-refractivity contribution < 1.29 is 22.4 Å². The molecule has 0 bridgehead atoms. The number of rotatable bonds is 6. The van der Waals surface area contributed by atoms with Crippen molar-refractivity contribution in [2.45, 2.75) is 11.5 Å². The van der Waals surface area contributed by atoms with Crippen LogP contribution in [0.2, 0.25) is 0 Å². The number of nitrogens with one attached hydrogen (secondary N) is 1. The summed E-state index contributed by atoms with van der Waals surface area (Å²) in [6, 6.07) is 10.2. The van der Waals surface area contributed by atoms with Gasteiger partial charge in [0.2, 0.25) is 0 Å². The number of anilines is 1. The van der Waals surface area contributed by atoms with Crippen LogP contribution in [-0.2, 0) is 10.5 Å². The van der Waals surface area contributed by atoms with Crippen LogP contribution in [-0.4, -0.2) is 11.7 Å². The van der Waals surface area contributed by atoms with E-state index in [2.05, 4.69) is 5.32 Å². The topological polar surface area (TPSA) is 66.0 Å². The zero-order valence-electron chi connectivity index (χ0n) is 12.1. The molecule has 2 rings (SSSR count). The summed E-state index contributed by atoms with van der Waals surface area (Å²) in [5.41, 5.74) is -0.363. The average Bonchev–Trinajstić information content (AvgIpc) is 3.00. The fourth-order valence-corrected chi connectivity index (χ4v) is 2.18. The summed E-state index contributed by atoms with van der Waals surface area (Å²) in [5.74, 6) is -3.53. The molecule has 0 saturated carbocycles. The molecule has 1 heterocycles. The summed E-state index contributed by atoms with van der Waals surface area (Å²) in [7, 11) is 0.